The Morgan fingerprint density at radius 2 is 1.78 bits per heavy atom. The van der Waals surface area contributed by atoms with Crippen molar-refractivity contribution in [3.8, 4) is 17.3 Å². The van der Waals surface area contributed by atoms with Crippen molar-refractivity contribution >= 4 is 5.91 Å². The zero-order chi connectivity index (χ0) is 16.4. The average molecular weight is 307 g/mol. The Morgan fingerprint density at radius 1 is 1.13 bits per heavy atom. The minimum Gasteiger partial charge on any atom is -0.369 e. The summed E-state index contributed by atoms with van der Waals surface area (Å²) in [5, 5.41) is 9.07. The van der Waals surface area contributed by atoms with Gasteiger partial charge in [-0.25, -0.2) is 0 Å². The molecule has 2 aromatic rings. The van der Waals surface area contributed by atoms with Crippen molar-refractivity contribution in [2.24, 2.45) is 12.8 Å². The smallest absolute Gasteiger partial charge is 0.228 e. The standard InChI is InChI=1S/C19H21N3O/c1-22-16(13-20)9-10-17(22)14-5-7-15(8-6-14)19(18(21)23)11-3-2-4-12-19/h5-10H,2-4,11-12H2,1H3,(H2,21,23). The number of nitrogens with zero attached hydrogens (tertiary/aromatic N) is 2. The molecule has 0 radical (unpaired) electrons. The van der Waals surface area contributed by atoms with Crippen LogP contribution in [-0.4, -0.2) is 10.5 Å². The fraction of sp³-hybridized carbons (Fsp3) is 0.368. The molecule has 4 nitrogen and oxygen atoms in total. The predicted molar refractivity (Wildman–Crippen MR) is 89.5 cm³/mol. The number of carbonyl (C=O) groups is 1. The van der Waals surface area contributed by atoms with Crippen LogP contribution in [0.4, 0.5) is 0 Å². The van der Waals surface area contributed by atoms with Crippen LogP contribution in [-0.2, 0) is 17.3 Å². The molecule has 0 unspecified atom stereocenters. The van der Waals surface area contributed by atoms with E-state index in [4.69, 9.17) is 11.0 Å². The molecule has 1 aliphatic carbocycles. The van der Waals surface area contributed by atoms with Crippen LogP contribution in [0.5, 0.6) is 0 Å². The molecule has 1 amide bonds. The van der Waals surface area contributed by atoms with E-state index in [0.717, 1.165) is 42.5 Å². The van der Waals surface area contributed by atoms with E-state index >= 15 is 0 Å². The zero-order valence-electron chi connectivity index (χ0n) is 13.4. The summed E-state index contributed by atoms with van der Waals surface area (Å²) >= 11 is 0. The lowest BCUT2D eigenvalue weighted by Gasteiger charge is -2.34. The van der Waals surface area contributed by atoms with E-state index in [9.17, 15) is 4.79 Å². The third kappa shape index (κ3) is 2.53. The summed E-state index contributed by atoms with van der Waals surface area (Å²) in [4.78, 5) is 12.1. The number of nitriles is 1. The van der Waals surface area contributed by atoms with Gasteiger partial charge in [0, 0.05) is 12.7 Å². The van der Waals surface area contributed by atoms with Crippen LogP contribution < -0.4 is 5.73 Å². The summed E-state index contributed by atoms with van der Waals surface area (Å²) in [5.74, 6) is -0.212. The molecule has 1 saturated carbocycles. The summed E-state index contributed by atoms with van der Waals surface area (Å²) in [6.45, 7) is 0. The quantitative estimate of drug-likeness (QED) is 0.945. The molecule has 23 heavy (non-hydrogen) atoms. The minimum atomic E-state index is -0.511. The third-order valence-corrected chi connectivity index (χ3v) is 5.15. The van der Waals surface area contributed by atoms with Crippen LogP contribution in [0.3, 0.4) is 0 Å². The maximum atomic E-state index is 12.1. The number of benzene rings is 1. The van der Waals surface area contributed by atoms with Gasteiger partial charge in [0.05, 0.1) is 5.41 Å². The summed E-state index contributed by atoms with van der Waals surface area (Å²) < 4.78 is 1.87. The van der Waals surface area contributed by atoms with Crippen LogP contribution in [0.2, 0.25) is 0 Å². The second kappa shape index (κ2) is 5.92. The Morgan fingerprint density at radius 3 is 2.30 bits per heavy atom. The number of nitrogens with two attached hydrogens (primary N) is 1. The van der Waals surface area contributed by atoms with E-state index in [-0.39, 0.29) is 5.91 Å². The maximum Gasteiger partial charge on any atom is 0.228 e. The second-order valence-electron chi connectivity index (χ2n) is 6.36. The van der Waals surface area contributed by atoms with Crippen LogP contribution in [0.1, 0.15) is 43.4 Å². The number of hydrogen-bond donors (Lipinski definition) is 1. The molecule has 0 aliphatic heterocycles. The van der Waals surface area contributed by atoms with Crippen molar-refractivity contribution in [1.29, 1.82) is 5.26 Å². The molecule has 0 bridgehead atoms. The molecule has 0 atom stereocenters. The van der Waals surface area contributed by atoms with E-state index in [2.05, 4.69) is 6.07 Å². The highest BCUT2D eigenvalue weighted by Crippen LogP contribution is 2.39. The lowest BCUT2D eigenvalue weighted by molar-refractivity contribution is -0.124. The molecular formula is C19H21N3O. The van der Waals surface area contributed by atoms with Crippen LogP contribution in [0.25, 0.3) is 11.3 Å². The number of carbonyl (C=O) groups excluding carboxylic acids is 1. The normalized spacial score (nSPS) is 16.7. The van der Waals surface area contributed by atoms with E-state index in [1.165, 1.54) is 6.42 Å². The predicted octanol–water partition coefficient (Wildman–Crippen LogP) is 3.25. The molecule has 3 rings (SSSR count). The third-order valence-electron chi connectivity index (χ3n) is 5.15. The first kappa shape index (κ1) is 15.4. The van der Waals surface area contributed by atoms with Gasteiger partial charge in [-0.2, -0.15) is 5.26 Å². The first-order valence-corrected chi connectivity index (χ1v) is 8.05. The Labute approximate surface area is 136 Å². The number of hydrogen-bond acceptors (Lipinski definition) is 2. The summed E-state index contributed by atoms with van der Waals surface area (Å²) in [7, 11) is 1.88. The SMILES string of the molecule is Cn1c(C#N)ccc1-c1ccc(C2(C(N)=O)CCCCC2)cc1. The first-order valence-electron chi connectivity index (χ1n) is 8.05. The van der Waals surface area contributed by atoms with Crippen molar-refractivity contribution < 1.29 is 4.79 Å². The highest BCUT2D eigenvalue weighted by Gasteiger charge is 2.39. The Kier molecular flexibility index (Phi) is 3.96. The van der Waals surface area contributed by atoms with Gasteiger partial charge in [-0.15, -0.1) is 0 Å². The van der Waals surface area contributed by atoms with Crippen molar-refractivity contribution in [2.75, 3.05) is 0 Å². The van der Waals surface area contributed by atoms with Gasteiger partial charge < -0.3 is 10.3 Å². The summed E-state index contributed by atoms with van der Waals surface area (Å²) in [6, 6.07) is 14.0. The molecule has 1 fully saturated rings. The first-order chi connectivity index (χ1) is 11.1. The topological polar surface area (TPSA) is 71.8 Å². The number of amides is 1. The van der Waals surface area contributed by atoms with Crippen molar-refractivity contribution in [2.45, 2.75) is 37.5 Å². The second-order valence-corrected chi connectivity index (χ2v) is 6.36. The van der Waals surface area contributed by atoms with Gasteiger partial charge in [0.15, 0.2) is 0 Å². The number of primary amides is 1. The highest BCUT2D eigenvalue weighted by atomic mass is 16.1. The van der Waals surface area contributed by atoms with Crippen LogP contribution in [0, 0.1) is 11.3 Å². The minimum absolute atomic E-state index is 0.212. The van der Waals surface area contributed by atoms with E-state index in [1.807, 2.05) is 48.0 Å². The molecule has 1 aliphatic rings. The number of rotatable bonds is 3. The molecule has 1 aromatic heterocycles. The Hall–Kier alpha value is -2.54. The van der Waals surface area contributed by atoms with Gasteiger partial charge in [0.1, 0.15) is 11.8 Å². The average Bonchev–Trinajstić information content (AvgIpc) is 2.96. The summed E-state index contributed by atoms with van der Waals surface area (Å²) in [6.07, 6.45) is 4.95. The van der Waals surface area contributed by atoms with Crippen molar-refractivity contribution in [1.82, 2.24) is 4.57 Å². The molecule has 118 valence electrons. The fourth-order valence-electron chi connectivity index (χ4n) is 3.71. The molecule has 0 saturated heterocycles. The number of aromatic nitrogens is 1. The summed E-state index contributed by atoms with van der Waals surface area (Å²) in [5.41, 5.74) is 8.91. The molecule has 4 heteroatoms. The van der Waals surface area contributed by atoms with E-state index < -0.39 is 5.41 Å². The van der Waals surface area contributed by atoms with Crippen molar-refractivity contribution in [3.63, 3.8) is 0 Å². The molecule has 1 aromatic carbocycles. The van der Waals surface area contributed by atoms with Crippen LogP contribution in [0.15, 0.2) is 36.4 Å². The lowest BCUT2D eigenvalue weighted by Crippen LogP contribution is -2.42. The van der Waals surface area contributed by atoms with Gasteiger partial charge in [-0.3, -0.25) is 4.79 Å². The van der Waals surface area contributed by atoms with E-state index in [0.29, 0.717) is 5.69 Å². The zero-order valence-corrected chi connectivity index (χ0v) is 13.4. The van der Waals surface area contributed by atoms with Crippen LogP contribution >= 0.6 is 0 Å². The molecule has 2 N–H and O–H groups in total. The van der Waals surface area contributed by atoms with E-state index in [1.54, 1.807) is 0 Å². The largest absolute Gasteiger partial charge is 0.369 e. The maximum absolute atomic E-state index is 12.1. The van der Waals surface area contributed by atoms with Gasteiger partial charge in [-0.05, 0) is 36.1 Å². The monoisotopic (exact) mass is 307 g/mol. The highest BCUT2D eigenvalue weighted by molar-refractivity contribution is 5.87. The Balaban J connectivity index is 1.97. The molecule has 0 spiro atoms. The molecular weight excluding hydrogens is 286 g/mol. The van der Waals surface area contributed by atoms with Gasteiger partial charge in [0.25, 0.3) is 0 Å². The molecule has 1 heterocycles. The van der Waals surface area contributed by atoms with Crippen molar-refractivity contribution in [3.05, 3.63) is 47.7 Å². The fourth-order valence-corrected chi connectivity index (χ4v) is 3.71. The van der Waals surface area contributed by atoms with Gasteiger partial charge >= 0.3 is 0 Å². The lowest BCUT2D eigenvalue weighted by atomic mass is 9.69. The Bertz CT molecular complexity index is 759. The van der Waals surface area contributed by atoms with Gasteiger partial charge in [0.2, 0.25) is 5.91 Å². The van der Waals surface area contributed by atoms with Gasteiger partial charge in [-0.1, -0.05) is 43.5 Å².